The summed E-state index contributed by atoms with van der Waals surface area (Å²) < 4.78 is 18.3. The normalized spacial score (nSPS) is 10.2. The molecule has 2 aromatic carbocycles. The van der Waals surface area contributed by atoms with Crippen molar-refractivity contribution in [3.05, 3.63) is 72.1 Å². The summed E-state index contributed by atoms with van der Waals surface area (Å²) in [5.74, 6) is 0.335. The molecule has 0 saturated carbocycles. The topological polar surface area (TPSA) is 29.5 Å². The summed E-state index contributed by atoms with van der Waals surface area (Å²) in [5.41, 5.74) is 2.53. The lowest BCUT2D eigenvalue weighted by atomic mass is 10.1. The van der Waals surface area contributed by atoms with Gasteiger partial charge in [-0.2, -0.15) is 0 Å². The zero-order chi connectivity index (χ0) is 13.7. The first-order valence-corrected chi connectivity index (χ1v) is 5.95. The first-order valence-electron chi connectivity index (χ1n) is 5.95. The highest BCUT2D eigenvalue weighted by atomic mass is 19.1. The van der Waals surface area contributed by atoms with Gasteiger partial charge in [0.25, 0.3) is 0 Å². The highest BCUT2D eigenvalue weighted by Gasteiger charge is 2.01. The molecule has 19 heavy (non-hydrogen) atoms. The van der Waals surface area contributed by atoms with E-state index in [2.05, 4.69) is 6.58 Å². The van der Waals surface area contributed by atoms with Crippen molar-refractivity contribution in [1.82, 2.24) is 0 Å². The third kappa shape index (κ3) is 3.66. The molecule has 2 aromatic rings. The molecule has 2 rings (SSSR count). The number of hydrogen-bond donors (Lipinski definition) is 1. The summed E-state index contributed by atoms with van der Waals surface area (Å²) >= 11 is 0. The average molecular weight is 258 g/mol. The number of aliphatic hydroxyl groups is 1. The van der Waals surface area contributed by atoms with Crippen LogP contribution in [0.5, 0.6) is 5.75 Å². The van der Waals surface area contributed by atoms with Gasteiger partial charge in [0.05, 0.1) is 6.61 Å². The molecule has 3 heteroatoms. The van der Waals surface area contributed by atoms with Crippen LogP contribution in [0.3, 0.4) is 0 Å². The van der Waals surface area contributed by atoms with Crippen LogP contribution < -0.4 is 4.74 Å². The highest BCUT2D eigenvalue weighted by molar-refractivity contribution is 5.64. The van der Waals surface area contributed by atoms with Crippen LogP contribution in [0.1, 0.15) is 11.1 Å². The summed E-state index contributed by atoms with van der Waals surface area (Å²) in [6.07, 6.45) is 0. The van der Waals surface area contributed by atoms with Gasteiger partial charge in [0, 0.05) is 0 Å². The molecule has 0 heterocycles. The summed E-state index contributed by atoms with van der Waals surface area (Å²) in [7, 11) is 0. The van der Waals surface area contributed by atoms with Crippen LogP contribution in [-0.4, -0.2) is 11.7 Å². The molecule has 1 N–H and O–H groups in total. The number of aliphatic hydroxyl groups excluding tert-OH is 1. The summed E-state index contributed by atoms with van der Waals surface area (Å²) in [6, 6.07) is 13.5. The van der Waals surface area contributed by atoms with E-state index >= 15 is 0 Å². The maximum Gasteiger partial charge on any atom is 0.123 e. The van der Waals surface area contributed by atoms with Gasteiger partial charge in [0.2, 0.25) is 0 Å². The van der Waals surface area contributed by atoms with Gasteiger partial charge >= 0.3 is 0 Å². The Morgan fingerprint density at radius 1 is 1.16 bits per heavy atom. The van der Waals surface area contributed by atoms with Gasteiger partial charge in [-0.15, -0.1) is 0 Å². The third-order valence-electron chi connectivity index (χ3n) is 2.75. The molecule has 0 atom stereocenters. The van der Waals surface area contributed by atoms with E-state index < -0.39 is 0 Å². The van der Waals surface area contributed by atoms with Crippen molar-refractivity contribution in [3.8, 4) is 5.75 Å². The fraction of sp³-hybridized carbons (Fsp3) is 0.125. The Balaban J connectivity index is 2.03. The van der Waals surface area contributed by atoms with Gasteiger partial charge in [-0.05, 0) is 47.0 Å². The van der Waals surface area contributed by atoms with Crippen LogP contribution in [-0.2, 0) is 6.61 Å². The van der Waals surface area contributed by atoms with Crippen LogP contribution in [0.4, 0.5) is 4.39 Å². The summed E-state index contributed by atoms with van der Waals surface area (Å²) in [5, 5.41) is 9.05. The second-order valence-corrected chi connectivity index (χ2v) is 4.20. The molecule has 0 aromatic heterocycles. The fourth-order valence-corrected chi connectivity index (χ4v) is 1.67. The van der Waals surface area contributed by atoms with Crippen molar-refractivity contribution < 1.29 is 14.2 Å². The van der Waals surface area contributed by atoms with Gasteiger partial charge in [0.1, 0.15) is 18.2 Å². The molecule has 0 fully saturated rings. The molecule has 0 saturated heterocycles. The molecule has 0 unspecified atom stereocenters. The first-order chi connectivity index (χ1) is 9.19. The van der Waals surface area contributed by atoms with Crippen molar-refractivity contribution in [3.63, 3.8) is 0 Å². The lowest BCUT2D eigenvalue weighted by Crippen LogP contribution is -1.97. The fourth-order valence-electron chi connectivity index (χ4n) is 1.67. The van der Waals surface area contributed by atoms with E-state index in [1.165, 1.54) is 12.1 Å². The molecule has 0 aliphatic heterocycles. The van der Waals surface area contributed by atoms with Crippen molar-refractivity contribution in [2.24, 2.45) is 0 Å². The van der Waals surface area contributed by atoms with E-state index in [0.29, 0.717) is 17.9 Å². The smallest absolute Gasteiger partial charge is 0.123 e. The quantitative estimate of drug-likeness (QED) is 0.890. The lowest BCUT2D eigenvalue weighted by molar-refractivity contribution is 0.305. The van der Waals surface area contributed by atoms with E-state index in [1.807, 2.05) is 24.3 Å². The van der Waals surface area contributed by atoms with E-state index in [4.69, 9.17) is 9.84 Å². The Morgan fingerprint density at radius 2 is 1.89 bits per heavy atom. The van der Waals surface area contributed by atoms with Crippen molar-refractivity contribution >= 4 is 5.57 Å². The van der Waals surface area contributed by atoms with Gasteiger partial charge in [-0.25, -0.2) is 4.39 Å². The number of rotatable bonds is 5. The van der Waals surface area contributed by atoms with Gasteiger partial charge < -0.3 is 9.84 Å². The van der Waals surface area contributed by atoms with Crippen LogP contribution >= 0.6 is 0 Å². The van der Waals surface area contributed by atoms with Crippen LogP contribution in [0, 0.1) is 5.82 Å². The molecule has 0 spiro atoms. The Kier molecular flexibility index (Phi) is 4.31. The Morgan fingerprint density at radius 3 is 2.58 bits per heavy atom. The van der Waals surface area contributed by atoms with Gasteiger partial charge in [0.15, 0.2) is 0 Å². The van der Waals surface area contributed by atoms with E-state index in [9.17, 15) is 4.39 Å². The third-order valence-corrected chi connectivity index (χ3v) is 2.75. The van der Waals surface area contributed by atoms with E-state index in [1.54, 1.807) is 12.1 Å². The van der Waals surface area contributed by atoms with Crippen molar-refractivity contribution in [2.45, 2.75) is 6.61 Å². The molecule has 2 nitrogen and oxygen atoms in total. The second kappa shape index (κ2) is 6.16. The number of halogens is 1. The monoisotopic (exact) mass is 258 g/mol. The van der Waals surface area contributed by atoms with Crippen LogP contribution in [0.2, 0.25) is 0 Å². The first kappa shape index (κ1) is 13.3. The highest BCUT2D eigenvalue weighted by Crippen LogP contribution is 2.16. The van der Waals surface area contributed by atoms with Crippen molar-refractivity contribution in [1.29, 1.82) is 0 Å². The van der Waals surface area contributed by atoms with Crippen molar-refractivity contribution in [2.75, 3.05) is 6.61 Å². The van der Waals surface area contributed by atoms with Gasteiger partial charge in [-0.3, -0.25) is 0 Å². The minimum atomic E-state index is -0.284. The summed E-state index contributed by atoms with van der Waals surface area (Å²) in [4.78, 5) is 0. The van der Waals surface area contributed by atoms with E-state index in [0.717, 1.165) is 11.1 Å². The zero-order valence-electron chi connectivity index (χ0n) is 10.5. The SMILES string of the molecule is C=C(CO)c1cccc(COc2ccc(F)cc2)c1. The van der Waals surface area contributed by atoms with Crippen LogP contribution in [0.15, 0.2) is 55.1 Å². The predicted molar refractivity (Wildman–Crippen MR) is 73.3 cm³/mol. The number of hydrogen-bond acceptors (Lipinski definition) is 2. The largest absolute Gasteiger partial charge is 0.489 e. The average Bonchev–Trinajstić information content (AvgIpc) is 2.46. The maximum absolute atomic E-state index is 12.7. The predicted octanol–water partition coefficient (Wildman–Crippen LogP) is 3.41. The molecule has 0 aliphatic rings. The molecule has 0 bridgehead atoms. The molecule has 0 aliphatic carbocycles. The minimum Gasteiger partial charge on any atom is -0.489 e. The molecule has 98 valence electrons. The van der Waals surface area contributed by atoms with E-state index in [-0.39, 0.29) is 12.4 Å². The molecular formula is C16H15FO2. The standard InChI is InChI=1S/C16H15FO2/c1-12(10-18)14-4-2-3-13(9-14)11-19-16-7-5-15(17)6-8-16/h2-9,18H,1,10-11H2. The van der Waals surface area contributed by atoms with Crippen LogP contribution in [0.25, 0.3) is 5.57 Å². The number of benzene rings is 2. The molecule has 0 amide bonds. The molecular weight excluding hydrogens is 243 g/mol. The second-order valence-electron chi connectivity index (χ2n) is 4.20. The lowest BCUT2D eigenvalue weighted by Gasteiger charge is -2.08. The minimum absolute atomic E-state index is 0.0672. The summed E-state index contributed by atoms with van der Waals surface area (Å²) in [6.45, 7) is 4.10. The Labute approximate surface area is 111 Å². The Bertz CT molecular complexity index is 561. The maximum atomic E-state index is 12.7. The zero-order valence-corrected chi connectivity index (χ0v) is 10.5. The van der Waals surface area contributed by atoms with Gasteiger partial charge in [-0.1, -0.05) is 24.8 Å². The Hall–Kier alpha value is -2.13. The molecule has 0 radical (unpaired) electrons. The number of ether oxygens (including phenoxy) is 1.